The van der Waals surface area contributed by atoms with Crippen molar-refractivity contribution in [3.05, 3.63) is 12.2 Å². The second-order valence-electron chi connectivity index (χ2n) is 4.27. The van der Waals surface area contributed by atoms with Gasteiger partial charge in [-0.3, -0.25) is 9.58 Å². The number of hydrogen-bond acceptors (Lipinski definition) is 5. The third kappa shape index (κ3) is 3.01. The van der Waals surface area contributed by atoms with E-state index in [1.807, 2.05) is 4.68 Å². The van der Waals surface area contributed by atoms with Gasteiger partial charge in [-0.2, -0.15) is 5.10 Å². The fourth-order valence-electron chi connectivity index (χ4n) is 1.85. The summed E-state index contributed by atoms with van der Waals surface area (Å²) >= 11 is 0. The van der Waals surface area contributed by atoms with Crippen LogP contribution in [0.1, 0.15) is 5.82 Å². The molecule has 0 atom stereocenters. The van der Waals surface area contributed by atoms with Crippen LogP contribution in [0.25, 0.3) is 0 Å². The SMILES string of the molecule is CN1CCN(CCn2cnc(CN)n2)CC1. The van der Waals surface area contributed by atoms with E-state index in [1.165, 1.54) is 0 Å². The van der Waals surface area contributed by atoms with Crippen LogP contribution in [0.5, 0.6) is 0 Å². The highest BCUT2D eigenvalue weighted by Crippen LogP contribution is 1.99. The predicted molar refractivity (Wildman–Crippen MR) is 61.9 cm³/mol. The first-order chi connectivity index (χ1) is 7.78. The molecule has 1 aliphatic rings. The largest absolute Gasteiger partial charge is 0.324 e. The van der Waals surface area contributed by atoms with Gasteiger partial charge in [0.25, 0.3) is 0 Å². The summed E-state index contributed by atoms with van der Waals surface area (Å²) in [5, 5.41) is 4.27. The molecule has 0 aliphatic carbocycles. The van der Waals surface area contributed by atoms with Crippen molar-refractivity contribution in [3.63, 3.8) is 0 Å². The summed E-state index contributed by atoms with van der Waals surface area (Å²) in [7, 11) is 2.17. The van der Waals surface area contributed by atoms with Gasteiger partial charge in [0.05, 0.1) is 13.1 Å². The minimum Gasteiger partial charge on any atom is -0.324 e. The van der Waals surface area contributed by atoms with E-state index in [4.69, 9.17) is 5.73 Å². The molecule has 16 heavy (non-hydrogen) atoms. The van der Waals surface area contributed by atoms with E-state index in [2.05, 4.69) is 26.9 Å². The Morgan fingerprint density at radius 1 is 1.25 bits per heavy atom. The summed E-state index contributed by atoms with van der Waals surface area (Å²) in [6.07, 6.45) is 1.76. The van der Waals surface area contributed by atoms with Gasteiger partial charge in [-0.05, 0) is 7.05 Å². The maximum absolute atomic E-state index is 5.46. The highest BCUT2D eigenvalue weighted by molar-refractivity contribution is 4.79. The van der Waals surface area contributed by atoms with Crippen LogP contribution in [0.3, 0.4) is 0 Å². The molecule has 0 aromatic carbocycles. The normalized spacial score (nSPS) is 19.1. The Morgan fingerprint density at radius 2 is 2.00 bits per heavy atom. The Kier molecular flexibility index (Phi) is 3.87. The van der Waals surface area contributed by atoms with Gasteiger partial charge in [0.1, 0.15) is 6.33 Å². The molecule has 0 unspecified atom stereocenters. The van der Waals surface area contributed by atoms with E-state index in [0.29, 0.717) is 6.54 Å². The van der Waals surface area contributed by atoms with Gasteiger partial charge >= 0.3 is 0 Å². The molecule has 2 N–H and O–H groups in total. The topological polar surface area (TPSA) is 63.2 Å². The van der Waals surface area contributed by atoms with Crippen LogP contribution in [0.2, 0.25) is 0 Å². The average molecular weight is 224 g/mol. The molecule has 1 aromatic rings. The summed E-state index contributed by atoms with van der Waals surface area (Å²) in [5.41, 5.74) is 5.46. The number of aromatic nitrogens is 3. The molecule has 2 rings (SSSR count). The molecule has 1 aromatic heterocycles. The highest BCUT2D eigenvalue weighted by atomic mass is 15.3. The number of hydrogen-bond donors (Lipinski definition) is 1. The quantitative estimate of drug-likeness (QED) is 0.709. The third-order valence-corrected chi connectivity index (χ3v) is 3.01. The molecule has 1 aliphatic heterocycles. The lowest BCUT2D eigenvalue weighted by atomic mass is 10.3. The minimum absolute atomic E-state index is 0.418. The Bertz CT molecular complexity index is 315. The van der Waals surface area contributed by atoms with Crippen molar-refractivity contribution in [1.82, 2.24) is 24.6 Å². The van der Waals surface area contributed by atoms with Gasteiger partial charge in [-0.25, -0.2) is 4.98 Å². The first kappa shape index (κ1) is 11.5. The second kappa shape index (κ2) is 5.38. The van der Waals surface area contributed by atoms with E-state index >= 15 is 0 Å². The fraction of sp³-hybridized carbons (Fsp3) is 0.800. The molecule has 2 heterocycles. The maximum Gasteiger partial charge on any atom is 0.164 e. The molecule has 0 bridgehead atoms. The van der Waals surface area contributed by atoms with E-state index in [0.717, 1.165) is 45.1 Å². The number of piperazine rings is 1. The first-order valence-electron chi connectivity index (χ1n) is 5.77. The summed E-state index contributed by atoms with van der Waals surface area (Å²) < 4.78 is 1.88. The molecule has 0 amide bonds. The molecule has 6 heteroatoms. The minimum atomic E-state index is 0.418. The fourth-order valence-corrected chi connectivity index (χ4v) is 1.85. The molecular formula is C10H20N6. The van der Waals surface area contributed by atoms with Crippen molar-refractivity contribution in [2.45, 2.75) is 13.1 Å². The van der Waals surface area contributed by atoms with Crippen molar-refractivity contribution in [3.8, 4) is 0 Å². The van der Waals surface area contributed by atoms with E-state index in [9.17, 15) is 0 Å². The monoisotopic (exact) mass is 224 g/mol. The molecule has 0 saturated carbocycles. The van der Waals surface area contributed by atoms with Gasteiger partial charge < -0.3 is 10.6 Å². The maximum atomic E-state index is 5.46. The van der Waals surface area contributed by atoms with Gasteiger partial charge in [0.2, 0.25) is 0 Å². The smallest absolute Gasteiger partial charge is 0.164 e. The first-order valence-corrected chi connectivity index (χ1v) is 5.77. The van der Waals surface area contributed by atoms with Crippen LogP contribution in [0, 0.1) is 0 Å². The number of nitrogens with zero attached hydrogens (tertiary/aromatic N) is 5. The third-order valence-electron chi connectivity index (χ3n) is 3.01. The molecule has 0 radical (unpaired) electrons. The Labute approximate surface area is 96.0 Å². The molecule has 0 spiro atoms. The van der Waals surface area contributed by atoms with Crippen molar-refractivity contribution >= 4 is 0 Å². The lowest BCUT2D eigenvalue weighted by molar-refractivity contribution is 0.148. The number of nitrogens with two attached hydrogens (primary N) is 1. The van der Waals surface area contributed by atoms with Crippen molar-refractivity contribution in [2.24, 2.45) is 5.73 Å². The van der Waals surface area contributed by atoms with Crippen molar-refractivity contribution in [2.75, 3.05) is 39.8 Å². The molecule has 6 nitrogen and oxygen atoms in total. The van der Waals surface area contributed by atoms with Gasteiger partial charge in [-0.15, -0.1) is 0 Å². The molecule has 1 saturated heterocycles. The molecule has 90 valence electrons. The second-order valence-corrected chi connectivity index (χ2v) is 4.27. The summed E-state index contributed by atoms with van der Waals surface area (Å²) in [4.78, 5) is 8.93. The molecular weight excluding hydrogens is 204 g/mol. The predicted octanol–water partition coefficient (Wildman–Crippen LogP) is -1.02. The zero-order valence-corrected chi connectivity index (χ0v) is 9.84. The summed E-state index contributed by atoms with van der Waals surface area (Å²) in [6.45, 7) is 6.97. The van der Waals surface area contributed by atoms with E-state index < -0.39 is 0 Å². The van der Waals surface area contributed by atoms with Crippen LogP contribution < -0.4 is 5.73 Å². The lowest BCUT2D eigenvalue weighted by Crippen LogP contribution is -2.45. The van der Waals surface area contributed by atoms with Gasteiger partial charge in [0, 0.05) is 32.7 Å². The number of likely N-dealkylation sites (N-methyl/N-ethyl adjacent to an activating group) is 1. The van der Waals surface area contributed by atoms with Crippen molar-refractivity contribution < 1.29 is 0 Å². The Morgan fingerprint density at radius 3 is 2.62 bits per heavy atom. The van der Waals surface area contributed by atoms with Gasteiger partial charge in [-0.1, -0.05) is 0 Å². The average Bonchev–Trinajstić information content (AvgIpc) is 2.76. The number of rotatable bonds is 4. The Balaban J connectivity index is 1.74. The molecule has 1 fully saturated rings. The van der Waals surface area contributed by atoms with Crippen LogP contribution >= 0.6 is 0 Å². The summed E-state index contributed by atoms with van der Waals surface area (Å²) in [6, 6.07) is 0. The van der Waals surface area contributed by atoms with Crippen LogP contribution in [0.15, 0.2) is 6.33 Å². The van der Waals surface area contributed by atoms with E-state index in [-0.39, 0.29) is 0 Å². The standard InChI is InChI=1S/C10H20N6/c1-14-2-4-15(5-3-14)6-7-16-9-12-10(8-11)13-16/h9H,2-8,11H2,1H3. The summed E-state index contributed by atoms with van der Waals surface area (Å²) in [5.74, 6) is 0.721. The van der Waals surface area contributed by atoms with Gasteiger partial charge in [0.15, 0.2) is 5.82 Å². The van der Waals surface area contributed by atoms with E-state index in [1.54, 1.807) is 6.33 Å². The lowest BCUT2D eigenvalue weighted by Gasteiger charge is -2.32. The zero-order chi connectivity index (χ0) is 11.4. The highest BCUT2D eigenvalue weighted by Gasteiger charge is 2.13. The van der Waals surface area contributed by atoms with Crippen LogP contribution in [-0.4, -0.2) is 64.3 Å². The van der Waals surface area contributed by atoms with Crippen molar-refractivity contribution in [1.29, 1.82) is 0 Å². The Hall–Kier alpha value is -0.980. The zero-order valence-electron chi connectivity index (χ0n) is 9.84. The van der Waals surface area contributed by atoms with Crippen LogP contribution in [-0.2, 0) is 13.1 Å². The van der Waals surface area contributed by atoms with Crippen LogP contribution in [0.4, 0.5) is 0 Å².